The molecular weight excluding hydrogens is 401 g/mol. The highest BCUT2D eigenvalue weighted by Crippen LogP contribution is 2.36. The maximum Gasteiger partial charge on any atom is 0.341 e. The lowest BCUT2D eigenvalue weighted by molar-refractivity contribution is -0.0193. The van der Waals surface area contributed by atoms with Crippen LogP contribution in [0.4, 0.5) is 9.18 Å². The van der Waals surface area contributed by atoms with E-state index >= 15 is 0 Å². The number of hydrogen-bond donors (Lipinski definition) is 2. The topological polar surface area (TPSA) is 104 Å². The van der Waals surface area contributed by atoms with Crippen LogP contribution >= 0.6 is 11.6 Å². The second-order valence-corrected chi connectivity index (χ2v) is 7.00. The first-order chi connectivity index (χ1) is 13.7. The number of rotatable bonds is 4. The third-order valence-corrected chi connectivity index (χ3v) is 4.50. The summed E-state index contributed by atoms with van der Waals surface area (Å²) in [6.45, 7) is 5.17. The molecule has 0 aliphatic heterocycles. The van der Waals surface area contributed by atoms with Crippen molar-refractivity contribution >= 4 is 17.6 Å². The van der Waals surface area contributed by atoms with Gasteiger partial charge < -0.3 is 9.84 Å². The minimum Gasteiger partial charge on any atom is -0.339 e. The molecule has 0 spiro atoms. The smallest absolute Gasteiger partial charge is 0.339 e. The predicted octanol–water partition coefficient (Wildman–Crippen LogP) is 4.30. The number of pyridine rings is 1. The van der Waals surface area contributed by atoms with Crippen molar-refractivity contribution in [2.75, 3.05) is 7.05 Å². The largest absolute Gasteiger partial charge is 0.341 e. The lowest BCUT2D eigenvalue weighted by Gasteiger charge is -2.18. The summed E-state index contributed by atoms with van der Waals surface area (Å²) in [6.07, 6.45) is 1.55. The van der Waals surface area contributed by atoms with Crippen molar-refractivity contribution in [3.05, 3.63) is 52.4 Å². The highest BCUT2D eigenvalue weighted by molar-refractivity contribution is 6.31. The number of aryl methyl sites for hydroxylation is 2. The summed E-state index contributed by atoms with van der Waals surface area (Å²) in [5.74, 6) is -0.162. The van der Waals surface area contributed by atoms with Gasteiger partial charge in [-0.25, -0.2) is 14.2 Å². The molecule has 29 heavy (non-hydrogen) atoms. The van der Waals surface area contributed by atoms with Crippen molar-refractivity contribution in [3.8, 4) is 22.5 Å². The molecule has 3 aromatic rings. The SMILES string of the molecule is Cc1nc(-c2c(F)cc(Cl)cc2-c2cnc([C@@H](C)NC(=O)N(C)O)c(C)c2)no1. The summed E-state index contributed by atoms with van der Waals surface area (Å²) in [7, 11) is 1.22. The lowest BCUT2D eigenvalue weighted by atomic mass is 9.97. The van der Waals surface area contributed by atoms with Gasteiger partial charge in [0.2, 0.25) is 11.7 Å². The standard InChI is InChI=1S/C19H19ClFN5O3/c1-9-5-12(8-22-17(9)10(2)23-19(27)26(4)28)14-6-13(20)7-15(21)16(14)18-24-11(3)29-25-18/h5-8,10,28H,1-4H3,(H,23,27)/t10-/m1/s1. The van der Waals surface area contributed by atoms with Gasteiger partial charge in [-0.05, 0) is 43.2 Å². The van der Waals surface area contributed by atoms with Crippen LogP contribution in [0.25, 0.3) is 22.5 Å². The van der Waals surface area contributed by atoms with Gasteiger partial charge in [0.15, 0.2) is 0 Å². The van der Waals surface area contributed by atoms with Crippen LogP contribution in [0.1, 0.15) is 30.1 Å². The van der Waals surface area contributed by atoms with E-state index in [1.54, 1.807) is 32.2 Å². The summed E-state index contributed by atoms with van der Waals surface area (Å²) in [5, 5.41) is 16.3. The third-order valence-electron chi connectivity index (χ3n) is 4.28. The zero-order valence-corrected chi connectivity index (χ0v) is 17.0. The predicted molar refractivity (Wildman–Crippen MR) is 104 cm³/mol. The van der Waals surface area contributed by atoms with Crippen LogP contribution in [0, 0.1) is 19.7 Å². The van der Waals surface area contributed by atoms with E-state index in [0.29, 0.717) is 27.8 Å². The van der Waals surface area contributed by atoms with Crippen molar-refractivity contribution in [2.24, 2.45) is 0 Å². The van der Waals surface area contributed by atoms with E-state index in [-0.39, 0.29) is 16.4 Å². The van der Waals surface area contributed by atoms with Gasteiger partial charge in [0.1, 0.15) is 5.82 Å². The fourth-order valence-corrected chi connectivity index (χ4v) is 3.17. The molecule has 0 saturated heterocycles. The van der Waals surface area contributed by atoms with Gasteiger partial charge in [-0.1, -0.05) is 16.8 Å². The van der Waals surface area contributed by atoms with Crippen LogP contribution in [0.2, 0.25) is 5.02 Å². The number of hydroxylamine groups is 2. The zero-order chi connectivity index (χ0) is 21.3. The summed E-state index contributed by atoms with van der Waals surface area (Å²) in [4.78, 5) is 20.2. The number of aromatic nitrogens is 3. The van der Waals surface area contributed by atoms with Crippen LogP contribution in [-0.2, 0) is 0 Å². The first-order valence-electron chi connectivity index (χ1n) is 8.67. The van der Waals surface area contributed by atoms with E-state index in [1.807, 2.05) is 6.92 Å². The number of carbonyl (C=O) groups excluding carboxylic acids is 1. The average Bonchev–Trinajstić information content (AvgIpc) is 3.06. The normalized spacial score (nSPS) is 12.0. The maximum atomic E-state index is 14.7. The van der Waals surface area contributed by atoms with Gasteiger partial charge in [-0.2, -0.15) is 4.98 Å². The maximum absolute atomic E-state index is 14.7. The number of carbonyl (C=O) groups is 1. The van der Waals surface area contributed by atoms with Crippen LogP contribution in [0.5, 0.6) is 0 Å². The molecule has 8 nitrogen and oxygen atoms in total. The number of benzene rings is 1. The highest BCUT2D eigenvalue weighted by Gasteiger charge is 2.21. The monoisotopic (exact) mass is 419 g/mol. The van der Waals surface area contributed by atoms with Crippen molar-refractivity contribution in [2.45, 2.75) is 26.8 Å². The Hall–Kier alpha value is -3.04. The average molecular weight is 420 g/mol. The summed E-state index contributed by atoms with van der Waals surface area (Å²) in [6, 6.07) is 3.48. The molecule has 1 atom stereocenters. The van der Waals surface area contributed by atoms with Crippen molar-refractivity contribution in [3.63, 3.8) is 0 Å². The number of amides is 2. The molecule has 0 saturated carbocycles. The van der Waals surface area contributed by atoms with Gasteiger partial charge in [0, 0.05) is 30.8 Å². The van der Waals surface area contributed by atoms with E-state index in [0.717, 1.165) is 5.56 Å². The lowest BCUT2D eigenvalue weighted by Crippen LogP contribution is -2.37. The van der Waals surface area contributed by atoms with E-state index in [2.05, 4.69) is 20.4 Å². The molecule has 0 bridgehead atoms. The Balaban J connectivity index is 2.04. The molecule has 0 aliphatic rings. The highest BCUT2D eigenvalue weighted by atomic mass is 35.5. The Morgan fingerprint density at radius 2 is 2.07 bits per heavy atom. The van der Waals surface area contributed by atoms with Crippen LogP contribution in [-0.4, -0.2) is 38.5 Å². The van der Waals surface area contributed by atoms with Crippen LogP contribution < -0.4 is 5.32 Å². The second-order valence-electron chi connectivity index (χ2n) is 6.57. The molecule has 2 heterocycles. The molecule has 0 radical (unpaired) electrons. The van der Waals surface area contributed by atoms with Crippen molar-refractivity contribution in [1.82, 2.24) is 25.5 Å². The molecule has 1 aromatic carbocycles. The molecule has 152 valence electrons. The number of halogens is 2. The van der Waals surface area contributed by atoms with Gasteiger partial charge >= 0.3 is 6.03 Å². The molecule has 0 unspecified atom stereocenters. The zero-order valence-electron chi connectivity index (χ0n) is 16.2. The Bertz CT molecular complexity index is 1070. The summed E-state index contributed by atoms with van der Waals surface area (Å²) >= 11 is 6.07. The molecule has 10 heteroatoms. The Morgan fingerprint density at radius 1 is 1.34 bits per heavy atom. The van der Waals surface area contributed by atoms with Crippen LogP contribution in [0.3, 0.4) is 0 Å². The molecule has 3 rings (SSSR count). The third kappa shape index (κ3) is 4.36. The molecule has 2 amide bonds. The number of urea groups is 1. The fourth-order valence-electron chi connectivity index (χ4n) is 2.96. The summed E-state index contributed by atoms with van der Waals surface area (Å²) < 4.78 is 19.7. The number of nitrogens with one attached hydrogen (secondary N) is 1. The molecule has 0 aliphatic carbocycles. The number of nitrogens with zero attached hydrogens (tertiary/aromatic N) is 4. The minimum atomic E-state index is -0.658. The molecular formula is C19H19ClFN5O3. The van der Waals surface area contributed by atoms with Gasteiger partial charge in [-0.3, -0.25) is 10.2 Å². The molecule has 2 N–H and O–H groups in total. The molecule has 2 aromatic heterocycles. The fraction of sp³-hybridized carbons (Fsp3) is 0.263. The van der Waals surface area contributed by atoms with E-state index in [1.165, 1.54) is 13.1 Å². The Morgan fingerprint density at radius 3 is 2.66 bits per heavy atom. The molecule has 0 fully saturated rings. The van der Waals surface area contributed by atoms with Crippen LogP contribution in [0.15, 0.2) is 28.9 Å². The van der Waals surface area contributed by atoms with E-state index in [4.69, 9.17) is 16.1 Å². The van der Waals surface area contributed by atoms with E-state index in [9.17, 15) is 14.4 Å². The summed E-state index contributed by atoms with van der Waals surface area (Å²) in [5.41, 5.74) is 2.58. The Labute approximate surface area is 171 Å². The number of hydrogen-bond acceptors (Lipinski definition) is 6. The second kappa shape index (κ2) is 8.14. The Kier molecular flexibility index (Phi) is 5.81. The van der Waals surface area contributed by atoms with Gasteiger partial charge in [0.25, 0.3) is 0 Å². The minimum absolute atomic E-state index is 0.111. The van der Waals surface area contributed by atoms with Crippen molar-refractivity contribution < 1.29 is 18.9 Å². The van der Waals surface area contributed by atoms with Gasteiger partial charge in [-0.15, -0.1) is 0 Å². The quantitative estimate of drug-likeness (QED) is 0.482. The first-order valence-corrected chi connectivity index (χ1v) is 9.05. The first kappa shape index (κ1) is 20.7. The van der Waals surface area contributed by atoms with Gasteiger partial charge in [0.05, 0.1) is 17.3 Å². The van der Waals surface area contributed by atoms with E-state index < -0.39 is 17.9 Å². The van der Waals surface area contributed by atoms with Crippen molar-refractivity contribution in [1.29, 1.82) is 0 Å².